The van der Waals surface area contributed by atoms with Gasteiger partial charge in [0.05, 0.1) is 21.7 Å². The number of nitrogens with one attached hydrogen (secondary N) is 1. The smallest absolute Gasteiger partial charge is 0.270 e. The molecule has 36 heavy (non-hydrogen) atoms. The van der Waals surface area contributed by atoms with E-state index in [4.69, 9.17) is 0 Å². The van der Waals surface area contributed by atoms with Gasteiger partial charge >= 0.3 is 0 Å². The number of aromatic nitrogens is 3. The third-order valence-electron chi connectivity index (χ3n) is 6.48. The highest BCUT2D eigenvalue weighted by atomic mass is 16.6. The number of nitro benzene ring substituents is 1. The van der Waals surface area contributed by atoms with E-state index in [1.165, 1.54) is 42.6 Å². The van der Waals surface area contributed by atoms with E-state index in [1.54, 1.807) is 30.3 Å². The van der Waals surface area contributed by atoms with Crippen molar-refractivity contribution in [1.82, 2.24) is 19.9 Å². The van der Waals surface area contributed by atoms with Crippen LogP contribution >= 0.6 is 0 Å². The van der Waals surface area contributed by atoms with Gasteiger partial charge < -0.3 is 10.4 Å². The molecule has 182 valence electrons. The number of nitro groups is 1. The molecule has 0 bridgehead atoms. The van der Waals surface area contributed by atoms with Crippen molar-refractivity contribution < 1.29 is 19.6 Å². The number of rotatable bonds is 7. The first-order valence-electron chi connectivity index (χ1n) is 11.7. The third-order valence-corrected chi connectivity index (χ3v) is 6.48. The Kier molecular flexibility index (Phi) is 6.16. The molecule has 1 aliphatic rings. The highest BCUT2D eigenvalue weighted by Gasteiger charge is 2.20. The molecular formula is C26H23N5O5. The molecular weight excluding hydrogens is 462 g/mol. The van der Waals surface area contributed by atoms with Gasteiger partial charge in [0, 0.05) is 48.3 Å². The van der Waals surface area contributed by atoms with Crippen LogP contribution in [0.4, 0.5) is 5.69 Å². The molecule has 0 saturated heterocycles. The van der Waals surface area contributed by atoms with E-state index in [1.807, 2.05) is 0 Å². The summed E-state index contributed by atoms with van der Waals surface area (Å²) in [5, 5.41) is 28.6. The number of ketones is 1. The maximum absolute atomic E-state index is 12.9. The van der Waals surface area contributed by atoms with Crippen LogP contribution in [0.2, 0.25) is 0 Å². The Morgan fingerprint density at radius 2 is 1.83 bits per heavy atom. The van der Waals surface area contributed by atoms with E-state index in [9.17, 15) is 24.8 Å². The lowest BCUT2D eigenvalue weighted by Gasteiger charge is -2.10. The first-order chi connectivity index (χ1) is 17.4. The van der Waals surface area contributed by atoms with Gasteiger partial charge in [-0.05, 0) is 37.0 Å². The minimum atomic E-state index is -0.637. The van der Waals surface area contributed by atoms with Crippen molar-refractivity contribution in [1.29, 1.82) is 0 Å². The number of carbonyl (C=O) groups excluding carboxylic acids is 2. The summed E-state index contributed by atoms with van der Waals surface area (Å²) < 4.78 is 1.43. The summed E-state index contributed by atoms with van der Waals surface area (Å²) in [6.07, 6.45) is 7.59. The molecule has 2 aromatic carbocycles. The first-order valence-corrected chi connectivity index (χ1v) is 11.7. The van der Waals surface area contributed by atoms with E-state index in [0.717, 1.165) is 23.8 Å². The Hall–Kier alpha value is -4.60. The molecule has 0 radical (unpaired) electrons. The summed E-state index contributed by atoms with van der Waals surface area (Å²) in [7, 11) is 0. The Balaban J connectivity index is 1.34. The fourth-order valence-corrected chi connectivity index (χ4v) is 4.46. The zero-order valence-electron chi connectivity index (χ0n) is 19.3. The Bertz CT molecular complexity index is 1470. The van der Waals surface area contributed by atoms with Crippen LogP contribution in [0.15, 0.2) is 60.9 Å². The average Bonchev–Trinajstić information content (AvgIpc) is 3.56. The normalized spacial score (nSPS) is 13.7. The molecule has 0 unspecified atom stereocenters. The fraction of sp³-hybridized carbons (Fsp3) is 0.231. The zero-order valence-corrected chi connectivity index (χ0v) is 19.3. The van der Waals surface area contributed by atoms with Crippen molar-refractivity contribution in [3.8, 4) is 17.0 Å². The molecule has 10 nitrogen and oxygen atoms in total. The lowest BCUT2D eigenvalue weighted by Crippen LogP contribution is -2.28. The Labute approximate surface area is 205 Å². The second-order valence-electron chi connectivity index (χ2n) is 8.90. The number of hydrogen-bond donors (Lipinski definition) is 2. The van der Waals surface area contributed by atoms with Gasteiger partial charge in [-0.2, -0.15) is 5.10 Å². The second-order valence-corrected chi connectivity index (χ2v) is 8.90. The van der Waals surface area contributed by atoms with E-state index in [0.29, 0.717) is 29.4 Å². The minimum absolute atomic E-state index is 0.0994. The van der Waals surface area contributed by atoms with Crippen LogP contribution in [0.3, 0.4) is 0 Å². The number of benzene rings is 2. The molecule has 1 amide bonds. The molecule has 1 fully saturated rings. The molecule has 5 rings (SSSR count). The van der Waals surface area contributed by atoms with Gasteiger partial charge in [0.1, 0.15) is 5.75 Å². The number of amides is 1. The van der Waals surface area contributed by atoms with Crippen LogP contribution in [0.25, 0.3) is 16.9 Å². The third kappa shape index (κ3) is 4.65. The standard InChI is InChI=1S/C26H23N5O5/c32-23-10-9-20(31(35)36)11-21(23)25(33)19-14-27-24-12-22(29-30(24)15-19)17-5-7-18(8-6-17)26(34)28-13-16-3-1-2-4-16/h5-12,14-16,32H,1-4,13H2,(H,28,34). The number of phenolic OH excluding ortho intramolecular Hbond substituents is 1. The summed E-state index contributed by atoms with van der Waals surface area (Å²) >= 11 is 0. The molecule has 10 heteroatoms. The maximum atomic E-state index is 12.9. The van der Waals surface area contributed by atoms with Crippen LogP contribution in [-0.2, 0) is 0 Å². The van der Waals surface area contributed by atoms with E-state index in [-0.39, 0.29) is 28.5 Å². The average molecular weight is 486 g/mol. The van der Waals surface area contributed by atoms with Crippen molar-refractivity contribution in [2.24, 2.45) is 5.92 Å². The number of nitrogens with zero attached hydrogens (tertiary/aromatic N) is 4. The predicted molar refractivity (Wildman–Crippen MR) is 131 cm³/mol. The highest BCUT2D eigenvalue weighted by molar-refractivity contribution is 6.10. The molecule has 1 aliphatic carbocycles. The molecule has 1 saturated carbocycles. The van der Waals surface area contributed by atoms with Crippen molar-refractivity contribution >= 4 is 23.0 Å². The lowest BCUT2D eigenvalue weighted by molar-refractivity contribution is -0.384. The topological polar surface area (TPSA) is 140 Å². The van der Waals surface area contributed by atoms with E-state index >= 15 is 0 Å². The molecule has 0 atom stereocenters. The number of aromatic hydroxyl groups is 1. The number of non-ortho nitro benzene ring substituents is 1. The molecule has 4 aromatic rings. The number of hydrogen-bond acceptors (Lipinski definition) is 7. The minimum Gasteiger partial charge on any atom is -0.507 e. The lowest BCUT2D eigenvalue weighted by atomic mass is 10.0. The number of phenols is 1. The van der Waals surface area contributed by atoms with Gasteiger partial charge in [-0.1, -0.05) is 25.0 Å². The van der Waals surface area contributed by atoms with Crippen LogP contribution in [0.5, 0.6) is 5.75 Å². The predicted octanol–water partition coefficient (Wildman–Crippen LogP) is 4.16. The monoisotopic (exact) mass is 485 g/mol. The van der Waals surface area contributed by atoms with Crippen molar-refractivity contribution in [2.45, 2.75) is 25.7 Å². The van der Waals surface area contributed by atoms with Gasteiger partial charge in [-0.15, -0.1) is 0 Å². The fourth-order valence-electron chi connectivity index (χ4n) is 4.46. The Morgan fingerprint density at radius 3 is 2.56 bits per heavy atom. The maximum Gasteiger partial charge on any atom is 0.270 e. The van der Waals surface area contributed by atoms with Gasteiger partial charge in [-0.3, -0.25) is 19.7 Å². The van der Waals surface area contributed by atoms with Gasteiger partial charge in [0.15, 0.2) is 11.4 Å². The van der Waals surface area contributed by atoms with Crippen LogP contribution in [0, 0.1) is 16.0 Å². The summed E-state index contributed by atoms with van der Waals surface area (Å²) in [6.45, 7) is 0.702. The van der Waals surface area contributed by atoms with Gasteiger partial charge in [0.2, 0.25) is 0 Å². The summed E-state index contributed by atoms with van der Waals surface area (Å²) in [5.41, 5.74) is 2.05. The largest absolute Gasteiger partial charge is 0.507 e. The molecule has 2 heterocycles. The zero-order chi connectivity index (χ0) is 25.2. The van der Waals surface area contributed by atoms with Gasteiger partial charge in [-0.25, -0.2) is 9.50 Å². The Morgan fingerprint density at radius 1 is 1.08 bits per heavy atom. The first kappa shape index (κ1) is 23.2. The quantitative estimate of drug-likeness (QED) is 0.227. The molecule has 0 spiro atoms. The van der Waals surface area contributed by atoms with Crippen LogP contribution in [-0.4, -0.2) is 42.9 Å². The van der Waals surface area contributed by atoms with Crippen molar-refractivity contribution in [2.75, 3.05) is 6.54 Å². The highest BCUT2D eigenvalue weighted by Crippen LogP contribution is 2.26. The second kappa shape index (κ2) is 9.57. The SMILES string of the molecule is O=C(NCC1CCCC1)c1ccc(-c2cc3ncc(C(=O)c4cc([N+](=O)[O-])ccc4O)cn3n2)cc1. The molecule has 2 N–H and O–H groups in total. The summed E-state index contributed by atoms with van der Waals surface area (Å²) in [4.78, 5) is 40.0. The van der Waals surface area contributed by atoms with Crippen molar-refractivity contribution in [3.05, 3.63) is 87.7 Å². The molecule has 2 aromatic heterocycles. The molecule has 0 aliphatic heterocycles. The van der Waals surface area contributed by atoms with Crippen LogP contribution in [0.1, 0.15) is 52.0 Å². The number of fused-ring (bicyclic) bond motifs is 1. The number of carbonyl (C=O) groups is 2. The van der Waals surface area contributed by atoms with Crippen LogP contribution < -0.4 is 5.32 Å². The van der Waals surface area contributed by atoms with Gasteiger partial charge in [0.25, 0.3) is 11.6 Å². The van der Waals surface area contributed by atoms with E-state index < -0.39 is 10.7 Å². The van der Waals surface area contributed by atoms with E-state index in [2.05, 4.69) is 15.4 Å². The summed E-state index contributed by atoms with van der Waals surface area (Å²) in [6, 6.07) is 12.1. The summed E-state index contributed by atoms with van der Waals surface area (Å²) in [5.74, 6) is -0.510. The van der Waals surface area contributed by atoms with Crippen molar-refractivity contribution in [3.63, 3.8) is 0 Å².